The number of hydrogen-bond donors (Lipinski definition) is 8. The van der Waals surface area contributed by atoms with Crippen LogP contribution in [-0.4, -0.2) is 146 Å². The maximum absolute atomic E-state index is 12.3. The van der Waals surface area contributed by atoms with Crippen molar-refractivity contribution in [3.05, 3.63) is 11.6 Å². The van der Waals surface area contributed by atoms with Crippen molar-refractivity contribution in [3.63, 3.8) is 0 Å². The van der Waals surface area contributed by atoms with E-state index in [1.165, 1.54) is 5.57 Å². The van der Waals surface area contributed by atoms with E-state index in [9.17, 15) is 40.9 Å². The fourth-order valence-electron chi connectivity index (χ4n) is 14.6. The standard InChI is InChI=1S/C42H68O14/c1-20(2)14-21-17-51-42-18-41(19-52-42)22(34(42)40(21,7)50)8-9-26-38(5)12-11-27(37(3,4)25(38)10-13-39(26,41)6)55-36-32(49)33(29(46)24(16-44)54-36)56-35-31(48)30(47)28(45)23(15-43)53-35/h14,21-36,43-50H,8-13,15-19H2,1-7H3/t21-,22?,23?,24?,25?,26?,27-,28-,29-,30-,31?,32?,33-,34?,35-,36-,38-,39+,40?,41-,42+/m0/s1. The molecule has 0 amide bonds. The lowest BCUT2D eigenvalue weighted by Gasteiger charge is -2.70. The van der Waals surface area contributed by atoms with Gasteiger partial charge < -0.3 is 69.3 Å². The Hall–Kier alpha value is -0.820. The largest absolute Gasteiger partial charge is 0.394 e. The zero-order valence-electron chi connectivity index (χ0n) is 34.1. The Balaban J connectivity index is 1.01. The monoisotopic (exact) mass is 796 g/mol. The Morgan fingerprint density at radius 2 is 1.39 bits per heavy atom. The molecule has 8 N–H and O–H groups in total. The minimum atomic E-state index is -1.75. The molecule has 2 bridgehead atoms. The van der Waals surface area contributed by atoms with Crippen LogP contribution in [0.2, 0.25) is 0 Å². The molecule has 0 radical (unpaired) electrons. The molecular formula is C42H68O14. The van der Waals surface area contributed by atoms with Crippen LogP contribution in [0.15, 0.2) is 11.6 Å². The summed E-state index contributed by atoms with van der Waals surface area (Å²) in [6, 6.07) is 0. The van der Waals surface area contributed by atoms with Crippen LogP contribution in [0, 0.1) is 51.2 Å². The van der Waals surface area contributed by atoms with Gasteiger partial charge in [0.05, 0.1) is 38.1 Å². The molecule has 21 atom stereocenters. The first-order valence-electron chi connectivity index (χ1n) is 21.1. The molecule has 4 aliphatic carbocycles. The van der Waals surface area contributed by atoms with E-state index in [0.717, 1.165) is 38.5 Å². The summed E-state index contributed by atoms with van der Waals surface area (Å²) in [6.07, 6.45) is -6.79. The van der Waals surface area contributed by atoms with E-state index in [0.29, 0.717) is 31.5 Å². The van der Waals surface area contributed by atoms with Gasteiger partial charge >= 0.3 is 0 Å². The van der Waals surface area contributed by atoms with E-state index >= 15 is 0 Å². The van der Waals surface area contributed by atoms with Gasteiger partial charge in [-0.3, -0.25) is 0 Å². The Bertz CT molecular complexity index is 1500. The highest BCUT2D eigenvalue weighted by molar-refractivity contribution is 5.27. The summed E-state index contributed by atoms with van der Waals surface area (Å²) in [7, 11) is 0. The minimum Gasteiger partial charge on any atom is -0.394 e. The highest BCUT2D eigenvalue weighted by atomic mass is 16.7. The first kappa shape index (κ1) is 41.9. The molecule has 9 unspecified atom stereocenters. The molecule has 0 aromatic heterocycles. The second-order valence-electron chi connectivity index (χ2n) is 20.5. The number of fused-ring (bicyclic) bond motifs is 4. The predicted molar refractivity (Wildman–Crippen MR) is 198 cm³/mol. The van der Waals surface area contributed by atoms with Gasteiger partial charge in [-0.1, -0.05) is 39.3 Å². The highest BCUT2D eigenvalue weighted by Crippen LogP contribution is 2.80. The van der Waals surface area contributed by atoms with Crippen LogP contribution in [0.25, 0.3) is 0 Å². The SMILES string of the molecule is CC(C)=C[C@H]1CO[C@]23C[C@]4(CO2)C(CCC2[C@@]5(C)CC[C@H](O[C@@H]6OC(CO)[C@H](O)[C@H](O[C@@H]7OC(CO)[C@H](O)[C@H](O)C7O)C6O)C(C)(C)C5CC[C@]24C)C3C1(C)O. The summed E-state index contributed by atoms with van der Waals surface area (Å²) in [6.45, 7) is 15.4. The van der Waals surface area contributed by atoms with E-state index in [1.807, 2.05) is 6.92 Å². The molecule has 320 valence electrons. The lowest BCUT2D eigenvalue weighted by Crippen LogP contribution is -2.68. The van der Waals surface area contributed by atoms with Crippen molar-refractivity contribution in [3.8, 4) is 0 Å². The smallest absolute Gasteiger partial charge is 0.187 e. The molecule has 2 spiro atoms. The zero-order chi connectivity index (χ0) is 40.5. The molecule has 14 heteroatoms. The minimum absolute atomic E-state index is 0.0284. The van der Waals surface area contributed by atoms with Crippen molar-refractivity contribution in [2.24, 2.45) is 51.2 Å². The maximum Gasteiger partial charge on any atom is 0.187 e. The van der Waals surface area contributed by atoms with Crippen molar-refractivity contribution in [2.75, 3.05) is 26.4 Å². The van der Waals surface area contributed by atoms with Gasteiger partial charge in [0.2, 0.25) is 0 Å². The molecule has 8 aliphatic rings. The number of ether oxygens (including phenoxy) is 6. The van der Waals surface area contributed by atoms with Crippen LogP contribution < -0.4 is 0 Å². The summed E-state index contributed by atoms with van der Waals surface area (Å²) in [5.41, 5.74) is -0.302. The van der Waals surface area contributed by atoms with Gasteiger partial charge in [-0.05, 0) is 93.3 Å². The molecule has 8 fully saturated rings. The average Bonchev–Trinajstić information content (AvgIpc) is 3.67. The Morgan fingerprint density at radius 1 is 0.732 bits per heavy atom. The average molecular weight is 797 g/mol. The van der Waals surface area contributed by atoms with Crippen LogP contribution in [0.5, 0.6) is 0 Å². The predicted octanol–water partition coefficient (Wildman–Crippen LogP) is 1.36. The molecule has 4 heterocycles. The lowest BCUT2D eigenvalue weighted by atomic mass is 9.35. The molecule has 56 heavy (non-hydrogen) atoms. The number of aliphatic hydroxyl groups excluding tert-OH is 7. The van der Waals surface area contributed by atoms with Crippen LogP contribution >= 0.6 is 0 Å². The summed E-state index contributed by atoms with van der Waals surface area (Å²) in [5.74, 6) is 0.0262. The zero-order valence-corrected chi connectivity index (χ0v) is 34.1. The van der Waals surface area contributed by atoms with Crippen molar-refractivity contribution in [1.29, 1.82) is 0 Å². The Kier molecular flexibility index (Phi) is 10.6. The summed E-state index contributed by atoms with van der Waals surface area (Å²) >= 11 is 0. The Morgan fingerprint density at radius 3 is 2.05 bits per heavy atom. The number of aliphatic hydroxyl groups is 8. The van der Waals surface area contributed by atoms with Gasteiger partial charge in [-0.15, -0.1) is 0 Å². The fourth-order valence-corrected chi connectivity index (χ4v) is 14.6. The number of allylic oxidation sites excluding steroid dienone is 1. The first-order valence-corrected chi connectivity index (χ1v) is 21.1. The molecule has 0 aromatic rings. The van der Waals surface area contributed by atoms with Gasteiger partial charge in [0.25, 0.3) is 0 Å². The summed E-state index contributed by atoms with van der Waals surface area (Å²) < 4.78 is 37.5. The molecule has 8 rings (SSSR count). The third-order valence-electron chi connectivity index (χ3n) is 17.3. The van der Waals surface area contributed by atoms with Crippen LogP contribution in [0.4, 0.5) is 0 Å². The second kappa shape index (κ2) is 14.1. The molecular weight excluding hydrogens is 728 g/mol. The van der Waals surface area contributed by atoms with Crippen LogP contribution in [0.1, 0.15) is 93.4 Å². The van der Waals surface area contributed by atoms with E-state index in [2.05, 4.69) is 47.6 Å². The first-order chi connectivity index (χ1) is 26.2. The van der Waals surface area contributed by atoms with Gasteiger partial charge in [-0.25, -0.2) is 0 Å². The number of rotatable bonds is 7. The fraction of sp³-hybridized carbons (Fsp3) is 0.952. The van der Waals surface area contributed by atoms with Gasteiger partial charge in [0.1, 0.15) is 48.8 Å². The quantitative estimate of drug-likeness (QED) is 0.135. The third-order valence-corrected chi connectivity index (χ3v) is 17.3. The van der Waals surface area contributed by atoms with Gasteiger partial charge in [-0.2, -0.15) is 0 Å². The van der Waals surface area contributed by atoms with Crippen molar-refractivity contribution < 1.29 is 69.3 Å². The van der Waals surface area contributed by atoms with Crippen molar-refractivity contribution >= 4 is 0 Å². The highest BCUT2D eigenvalue weighted by Gasteiger charge is 2.81. The van der Waals surface area contributed by atoms with E-state index in [4.69, 9.17) is 28.4 Å². The van der Waals surface area contributed by atoms with Crippen LogP contribution in [0.3, 0.4) is 0 Å². The number of hydrogen-bond acceptors (Lipinski definition) is 14. The molecule has 0 aromatic carbocycles. The van der Waals surface area contributed by atoms with Gasteiger partial charge in [0.15, 0.2) is 18.4 Å². The van der Waals surface area contributed by atoms with Crippen LogP contribution in [-0.2, 0) is 28.4 Å². The summed E-state index contributed by atoms with van der Waals surface area (Å²) in [5, 5.41) is 86.1. The maximum atomic E-state index is 12.3. The summed E-state index contributed by atoms with van der Waals surface area (Å²) in [4.78, 5) is 0. The van der Waals surface area contributed by atoms with E-state index in [-0.39, 0.29) is 45.5 Å². The van der Waals surface area contributed by atoms with E-state index in [1.54, 1.807) is 0 Å². The second-order valence-corrected chi connectivity index (χ2v) is 20.5. The van der Waals surface area contributed by atoms with Crippen molar-refractivity contribution in [1.82, 2.24) is 0 Å². The molecule has 4 saturated carbocycles. The molecule has 4 saturated heterocycles. The molecule has 14 nitrogen and oxygen atoms in total. The Labute approximate surface area is 330 Å². The molecule has 4 aliphatic heterocycles. The topological polar surface area (TPSA) is 217 Å². The lowest BCUT2D eigenvalue weighted by molar-refractivity contribution is -0.370. The normalized spacial score (nSPS) is 57.4. The third kappa shape index (κ3) is 5.79. The van der Waals surface area contributed by atoms with Crippen molar-refractivity contribution in [2.45, 2.75) is 172 Å². The van der Waals surface area contributed by atoms with Gasteiger partial charge in [0, 0.05) is 23.7 Å². The van der Waals surface area contributed by atoms with E-state index < -0.39 is 86.0 Å².